The molecule has 0 spiro atoms. The fraction of sp³-hybridized carbons (Fsp3) is 0.138. The Morgan fingerprint density at radius 2 is 1.57 bits per heavy atom. The first-order valence-electron chi connectivity index (χ1n) is 11.9. The number of halogens is 1. The predicted octanol–water partition coefficient (Wildman–Crippen LogP) is 4.93. The summed E-state index contributed by atoms with van der Waals surface area (Å²) < 4.78 is 0. The second kappa shape index (κ2) is 10.7. The Bertz CT molecular complexity index is 1480. The maximum absolute atomic E-state index is 13.5. The van der Waals surface area contributed by atoms with E-state index >= 15 is 0 Å². The number of hydrogen-bond acceptors (Lipinski definition) is 5. The third-order valence-electron chi connectivity index (χ3n) is 6.46. The first-order chi connectivity index (χ1) is 18.0. The molecule has 5 rings (SSSR count). The number of phenols is 1. The number of phenolic OH excluding ortho intramolecular Hbond substituents is 1. The van der Waals surface area contributed by atoms with Crippen LogP contribution in [0.4, 0.5) is 5.69 Å². The summed E-state index contributed by atoms with van der Waals surface area (Å²) in [6.07, 6.45) is 1.55. The van der Waals surface area contributed by atoms with Gasteiger partial charge < -0.3 is 14.9 Å². The molecule has 4 aromatic rings. The number of amides is 2. The molecule has 0 atom stereocenters. The fourth-order valence-corrected chi connectivity index (χ4v) is 4.65. The summed E-state index contributed by atoms with van der Waals surface area (Å²) in [7, 11) is 0. The Kier molecular flexibility index (Phi) is 7.05. The number of hydrogen-bond donors (Lipinski definition) is 2. The summed E-state index contributed by atoms with van der Waals surface area (Å²) in [5.74, 6) is -0.547. The minimum atomic E-state index is -0.455. The number of para-hydroxylation sites is 1. The van der Waals surface area contributed by atoms with Crippen molar-refractivity contribution >= 4 is 46.1 Å². The Morgan fingerprint density at radius 1 is 0.865 bits per heavy atom. The summed E-state index contributed by atoms with van der Waals surface area (Å²) in [5.41, 5.74) is 5.33. The van der Waals surface area contributed by atoms with Gasteiger partial charge in [-0.3, -0.25) is 9.59 Å². The molecule has 0 unspecified atom stereocenters. The first-order valence-corrected chi connectivity index (χ1v) is 12.3. The van der Waals surface area contributed by atoms with Crippen LogP contribution in [0.3, 0.4) is 0 Å². The van der Waals surface area contributed by atoms with Gasteiger partial charge in [0.05, 0.1) is 11.2 Å². The van der Waals surface area contributed by atoms with Gasteiger partial charge in [-0.25, -0.2) is 5.43 Å². The van der Waals surface area contributed by atoms with Gasteiger partial charge in [0, 0.05) is 48.6 Å². The zero-order valence-corrected chi connectivity index (χ0v) is 20.7. The highest BCUT2D eigenvalue weighted by atomic mass is 35.5. The van der Waals surface area contributed by atoms with Crippen LogP contribution in [0.15, 0.2) is 90.0 Å². The molecule has 37 heavy (non-hydrogen) atoms. The average molecular weight is 513 g/mol. The van der Waals surface area contributed by atoms with Gasteiger partial charge in [-0.2, -0.15) is 5.10 Å². The normalized spacial score (nSPS) is 13.8. The molecule has 2 amide bonds. The highest BCUT2D eigenvalue weighted by Crippen LogP contribution is 2.25. The zero-order valence-electron chi connectivity index (χ0n) is 20.0. The molecule has 0 aliphatic carbocycles. The molecule has 1 fully saturated rings. The van der Waals surface area contributed by atoms with Crippen molar-refractivity contribution in [3.8, 4) is 5.75 Å². The smallest absolute Gasteiger partial charge is 0.271 e. The topological polar surface area (TPSA) is 85.2 Å². The number of nitrogens with one attached hydrogen (secondary N) is 1. The summed E-state index contributed by atoms with van der Waals surface area (Å²) >= 11 is 5.88. The number of fused-ring (bicyclic) bond motifs is 1. The summed E-state index contributed by atoms with van der Waals surface area (Å²) in [4.78, 5) is 30.0. The average Bonchev–Trinajstić information content (AvgIpc) is 2.94. The SMILES string of the molecule is O=C(N/N=C/c1ccc(C(=O)N2CCN(c3ccccc3)CC2)c2ccccc12)c1ccc(O)c(Cl)c1. The summed E-state index contributed by atoms with van der Waals surface area (Å²) in [6.45, 7) is 2.87. The quantitative estimate of drug-likeness (QED) is 0.293. The number of carbonyl (C=O) groups is 2. The van der Waals surface area contributed by atoms with Crippen LogP contribution in [0.1, 0.15) is 26.3 Å². The van der Waals surface area contributed by atoms with Crippen molar-refractivity contribution in [2.75, 3.05) is 31.1 Å². The number of aromatic hydroxyl groups is 1. The molecule has 1 saturated heterocycles. The van der Waals surface area contributed by atoms with Crippen molar-refractivity contribution in [2.24, 2.45) is 5.10 Å². The van der Waals surface area contributed by atoms with Gasteiger partial charge in [0.2, 0.25) is 0 Å². The molecule has 1 aliphatic heterocycles. The Labute approximate surface area is 219 Å². The molecule has 0 saturated carbocycles. The number of benzene rings is 4. The predicted molar refractivity (Wildman–Crippen MR) is 147 cm³/mol. The Morgan fingerprint density at radius 3 is 2.30 bits per heavy atom. The summed E-state index contributed by atoms with van der Waals surface area (Å²) in [6, 6.07) is 25.7. The second-order valence-corrected chi connectivity index (χ2v) is 9.14. The van der Waals surface area contributed by atoms with Crippen molar-refractivity contribution in [1.82, 2.24) is 10.3 Å². The van der Waals surface area contributed by atoms with E-state index in [-0.39, 0.29) is 22.2 Å². The van der Waals surface area contributed by atoms with Crippen molar-refractivity contribution < 1.29 is 14.7 Å². The van der Waals surface area contributed by atoms with Crippen LogP contribution in [0.2, 0.25) is 5.02 Å². The standard InChI is InChI=1S/C29H25ClN4O3/c30-26-18-20(11-13-27(26)35)28(36)32-31-19-21-10-12-25(24-9-5-4-8-23(21)24)29(37)34-16-14-33(15-17-34)22-6-2-1-3-7-22/h1-13,18-19,35H,14-17H2,(H,32,36)/b31-19+. The molecule has 7 nitrogen and oxygen atoms in total. The van der Waals surface area contributed by atoms with E-state index in [4.69, 9.17) is 11.6 Å². The van der Waals surface area contributed by atoms with Crippen LogP contribution in [-0.2, 0) is 0 Å². The molecule has 1 heterocycles. The number of anilines is 1. The lowest BCUT2D eigenvalue weighted by molar-refractivity contribution is 0.0748. The summed E-state index contributed by atoms with van der Waals surface area (Å²) in [5, 5.41) is 15.4. The van der Waals surface area contributed by atoms with Crippen LogP contribution in [-0.4, -0.2) is 54.2 Å². The highest BCUT2D eigenvalue weighted by molar-refractivity contribution is 6.32. The van der Waals surface area contributed by atoms with E-state index < -0.39 is 5.91 Å². The monoisotopic (exact) mass is 512 g/mol. The van der Waals surface area contributed by atoms with Gasteiger partial charge >= 0.3 is 0 Å². The minimum Gasteiger partial charge on any atom is -0.506 e. The van der Waals surface area contributed by atoms with E-state index in [9.17, 15) is 14.7 Å². The highest BCUT2D eigenvalue weighted by Gasteiger charge is 2.24. The largest absolute Gasteiger partial charge is 0.506 e. The molecule has 2 N–H and O–H groups in total. The number of rotatable bonds is 5. The van der Waals surface area contributed by atoms with E-state index in [1.54, 1.807) is 6.21 Å². The minimum absolute atomic E-state index is 0.00455. The molecular formula is C29H25ClN4O3. The molecule has 0 aromatic heterocycles. The van der Waals surface area contributed by atoms with Crippen LogP contribution >= 0.6 is 11.6 Å². The number of nitrogens with zero attached hydrogens (tertiary/aromatic N) is 3. The zero-order chi connectivity index (χ0) is 25.8. The van der Waals surface area contributed by atoms with Crippen molar-refractivity contribution in [3.63, 3.8) is 0 Å². The Balaban J connectivity index is 1.31. The number of carbonyl (C=O) groups excluding carboxylic acids is 2. The lowest BCUT2D eigenvalue weighted by atomic mass is 9.99. The first kappa shape index (κ1) is 24.3. The van der Waals surface area contributed by atoms with Gasteiger partial charge in [0.15, 0.2) is 0 Å². The molecular weight excluding hydrogens is 488 g/mol. The molecule has 4 aromatic carbocycles. The van der Waals surface area contributed by atoms with Crippen LogP contribution in [0, 0.1) is 0 Å². The van der Waals surface area contributed by atoms with Gasteiger partial charge in [-0.1, -0.05) is 60.1 Å². The van der Waals surface area contributed by atoms with E-state index in [0.717, 1.165) is 29.4 Å². The van der Waals surface area contributed by atoms with E-state index in [2.05, 4.69) is 27.6 Å². The van der Waals surface area contributed by atoms with Crippen LogP contribution in [0.5, 0.6) is 5.75 Å². The van der Waals surface area contributed by atoms with Gasteiger partial charge in [-0.15, -0.1) is 0 Å². The molecule has 0 radical (unpaired) electrons. The molecule has 8 heteroatoms. The van der Waals surface area contributed by atoms with Gasteiger partial charge in [0.25, 0.3) is 11.8 Å². The van der Waals surface area contributed by atoms with E-state index in [0.29, 0.717) is 18.7 Å². The maximum atomic E-state index is 13.5. The maximum Gasteiger partial charge on any atom is 0.271 e. The van der Waals surface area contributed by atoms with Gasteiger partial charge in [-0.05, 0) is 47.2 Å². The van der Waals surface area contributed by atoms with E-state index in [1.165, 1.54) is 23.9 Å². The lowest BCUT2D eigenvalue weighted by Crippen LogP contribution is -2.48. The van der Waals surface area contributed by atoms with Crippen molar-refractivity contribution in [1.29, 1.82) is 0 Å². The van der Waals surface area contributed by atoms with Crippen LogP contribution in [0.25, 0.3) is 10.8 Å². The van der Waals surface area contributed by atoms with Crippen molar-refractivity contribution in [3.05, 3.63) is 107 Å². The third kappa shape index (κ3) is 5.27. The lowest BCUT2D eigenvalue weighted by Gasteiger charge is -2.36. The Hall–Kier alpha value is -4.36. The third-order valence-corrected chi connectivity index (χ3v) is 6.76. The fourth-order valence-electron chi connectivity index (χ4n) is 4.47. The molecule has 1 aliphatic rings. The van der Waals surface area contributed by atoms with Gasteiger partial charge in [0.1, 0.15) is 5.75 Å². The molecule has 0 bridgehead atoms. The van der Waals surface area contributed by atoms with E-state index in [1.807, 2.05) is 59.5 Å². The second-order valence-electron chi connectivity index (χ2n) is 8.73. The van der Waals surface area contributed by atoms with Crippen LogP contribution < -0.4 is 10.3 Å². The molecule has 186 valence electrons. The number of hydrazone groups is 1. The van der Waals surface area contributed by atoms with Crippen molar-refractivity contribution in [2.45, 2.75) is 0 Å². The number of piperazine rings is 1.